The summed E-state index contributed by atoms with van der Waals surface area (Å²) in [5.74, 6) is 2.65. The number of aliphatic carboxylic acids is 1. The fraction of sp³-hybridized carbons (Fsp3) is 0.675. The third-order valence-corrected chi connectivity index (χ3v) is 26.7. The van der Waals surface area contributed by atoms with Crippen LogP contribution in [0, 0.1) is 92.7 Å². The van der Waals surface area contributed by atoms with Gasteiger partial charge in [-0.25, -0.2) is 0 Å². The van der Waals surface area contributed by atoms with E-state index in [2.05, 4.69) is 102 Å². The Morgan fingerprint density at radius 2 is 0.849 bits per heavy atom. The van der Waals surface area contributed by atoms with Crippen molar-refractivity contribution in [1.29, 1.82) is 0 Å². The van der Waals surface area contributed by atoms with E-state index in [-0.39, 0.29) is 133 Å². The zero-order valence-electron chi connectivity index (χ0n) is 56.7. The highest BCUT2D eigenvalue weighted by Gasteiger charge is 2.69. The molecule has 8 aliphatic carbocycles. The zero-order chi connectivity index (χ0) is 64.7. The first-order valence-corrected chi connectivity index (χ1v) is 36.1. The van der Waals surface area contributed by atoms with Gasteiger partial charge in [0.1, 0.15) is 33.3 Å². The molecule has 0 heterocycles. The van der Waals surface area contributed by atoms with Gasteiger partial charge in [0.2, 0.25) is 0 Å². The summed E-state index contributed by atoms with van der Waals surface area (Å²) in [5, 5.41) is 21.0. The van der Waals surface area contributed by atoms with Crippen LogP contribution in [0.1, 0.15) is 179 Å². The van der Waals surface area contributed by atoms with Crippen LogP contribution in [0.4, 0.5) is 0 Å². The molecule has 0 aromatic heterocycles. The predicted octanol–water partition coefficient (Wildman–Crippen LogP) is 16.2. The van der Waals surface area contributed by atoms with E-state index in [1.165, 1.54) is 0 Å². The van der Waals surface area contributed by atoms with Gasteiger partial charge in [-0.15, -0.1) is 0 Å². The van der Waals surface area contributed by atoms with E-state index in [4.69, 9.17) is 42.6 Å². The Bertz CT molecular complexity index is 2990. The number of fused-ring (bicyclic) bond motifs is 10. The molecule has 0 aliphatic heterocycles. The molecule has 8 saturated carbocycles. The van der Waals surface area contributed by atoms with Gasteiger partial charge in [-0.3, -0.25) is 9.59 Å². The van der Waals surface area contributed by atoms with Crippen molar-refractivity contribution in [3.63, 3.8) is 0 Å². The third-order valence-electron chi connectivity index (χ3n) is 26.7. The number of aliphatic hydroxyl groups excluding tert-OH is 1. The monoisotopic (exact) mass is 1280 g/mol. The van der Waals surface area contributed by atoms with E-state index in [0.29, 0.717) is 74.8 Å². The van der Waals surface area contributed by atoms with E-state index >= 15 is 0 Å². The lowest BCUT2D eigenvalue weighted by atomic mass is 9.43. The lowest BCUT2D eigenvalue weighted by Crippen LogP contribution is -2.63. The molecule has 8 aliphatic rings. The maximum absolute atomic E-state index is 14.6. The molecule has 0 radical (unpaired) electrons. The van der Waals surface area contributed by atoms with Gasteiger partial charge in [0.15, 0.2) is 0 Å². The normalized spacial score (nSPS) is 37.5. The first-order chi connectivity index (χ1) is 45.1. The summed E-state index contributed by atoms with van der Waals surface area (Å²) in [6.07, 6.45) is 14.2. The van der Waals surface area contributed by atoms with Crippen molar-refractivity contribution >= 4 is 11.9 Å². The van der Waals surface area contributed by atoms with Crippen molar-refractivity contribution in [3.05, 3.63) is 144 Å². The number of carbonyl (C=O) groups is 2. The number of aliphatic hydroxyl groups is 1. The van der Waals surface area contributed by atoms with Gasteiger partial charge >= 0.3 is 11.9 Å². The van der Waals surface area contributed by atoms with Crippen LogP contribution in [0.3, 0.4) is 0 Å². The molecule has 2 N–H and O–H groups in total. The van der Waals surface area contributed by atoms with E-state index in [9.17, 15) is 19.8 Å². The molecule has 12 rings (SSSR count). The molecule has 0 bridgehead atoms. The number of carboxylic acids is 1. The molecule has 4 aromatic rings. The minimum atomic E-state index is -0.745. The number of rotatable bonds is 29. The van der Waals surface area contributed by atoms with Crippen LogP contribution in [0.2, 0.25) is 0 Å². The first kappa shape index (κ1) is 68.4. The molecule has 0 amide bonds. The Kier molecular flexibility index (Phi) is 22.4. The van der Waals surface area contributed by atoms with Crippen molar-refractivity contribution in [3.8, 4) is 0 Å². The number of esters is 1. The highest BCUT2D eigenvalue weighted by Crippen LogP contribution is 2.71. The fourth-order valence-electron chi connectivity index (χ4n) is 21.9. The zero-order valence-corrected chi connectivity index (χ0v) is 56.7. The number of carboxylic acid groups (broad SMARTS) is 1. The molecule has 22 atom stereocenters. The lowest BCUT2D eigenvalue weighted by Gasteiger charge is -2.64. The Morgan fingerprint density at radius 3 is 1.27 bits per heavy atom. The van der Waals surface area contributed by atoms with Crippen molar-refractivity contribution in [2.24, 2.45) is 92.7 Å². The molecule has 0 spiro atoms. The topological polar surface area (TPSA) is 158 Å². The van der Waals surface area contributed by atoms with Gasteiger partial charge in [-0.05, 0) is 207 Å². The molecule has 0 unspecified atom stereocenters. The summed E-state index contributed by atoms with van der Waals surface area (Å²) in [4.78, 5) is 26.6. The molecule has 13 heteroatoms. The number of carbonyl (C=O) groups excluding carboxylic acids is 1. The van der Waals surface area contributed by atoms with Crippen LogP contribution in [0.5, 0.6) is 0 Å². The minimum absolute atomic E-state index is 0.00131. The van der Waals surface area contributed by atoms with Gasteiger partial charge in [0, 0.05) is 23.7 Å². The second-order valence-corrected chi connectivity index (χ2v) is 31.3. The minimum Gasteiger partial charge on any atom is -0.481 e. The molecule has 4 aromatic carbocycles. The average molecular weight is 1280 g/mol. The number of benzene rings is 4. The molecule has 13 nitrogen and oxygen atoms in total. The van der Waals surface area contributed by atoms with Crippen molar-refractivity contribution < 1.29 is 62.4 Å². The van der Waals surface area contributed by atoms with Crippen LogP contribution < -0.4 is 0 Å². The molecular weight excluding hydrogens is 1170 g/mol. The smallest absolute Gasteiger partial charge is 0.306 e. The number of hydrogen-bond donors (Lipinski definition) is 2. The highest BCUT2D eigenvalue weighted by molar-refractivity contribution is 5.69. The Morgan fingerprint density at radius 1 is 0.462 bits per heavy atom. The second kappa shape index (κ2) is 30.5. The molecule has 0 saturated heterocycles. The lowest BCUT2D eigenvalue weighted by molar-refractivity contribution is -0.252. The maximum atomic E-state index is 14.6. The summed E-state index contributed by atoms with van der Waals surface area (Å²) in [5.41, 5.74) is 4.05. The van der Waals surface area contributed by atoms with Crippen molar-refractivity contribution in [2.45, 2.75) is 220 Å². The Labute approximate surface area is 555 Å². The van der Waals surface area contributed by atoms with Crippen LogP contribution in [-0.4, -0.2) is 85.9 Å². The molecular formula is C80H110O13. The number of ether oxygens (including phenoxy) is 9. The average Bonchev–Trinajstić information content (AvgIpc) is 1.69. The van der Waals surface area contributed by atoms with Crippen molar-refractivity contribution in [2.75, 3.05) is 27.2 Å². The summed E-state index contributed by atoms with van der Waals surface area (Å²) in [6.45, 7) is 17.4. The van der Waals surface area contributed by atoms with Gasteiger partial charge in [-0.1, -0.05) is 163 Å². The van der Waals surface area contributed by atoms with Crippen LogP contribution >= 0.6 is 0 Å². The van der Waals surface area contributed by atoms with E-state index < -0.39 is 5.97 Å². The Balaban J connectivity index is 0.743. The van der Waals surface area contributed by atoms with E-state index in [1.807, 2.05) is 60.7 Å². The third kappa shape index (κ3) is 14.8. The summed E-state index contributed by atoms with van der Waals surface area (Å²) in [6, 6.07) is 41.2. The second-order valence-electron chi connectivity index (χ2n) is 31.3. The Hall–Kier alpha value is -4.54. The first-order valence-electron chi connectivity index (χ1n) is 36.1. The van der Waals surface area contributed by atoms with E-state index in [0.717, 1.165) is 119 Å². The quantitative estimate of drug-likeness (QED) is 0.0301. The van der Waals surface area contributed by atoms with Gasteiger partial charge in [0.05, 0.1) is 56.9 Å². The van der Waals surface area contributed by atoms with Gasteiger partial charge in [0.25, 0.3) is 0 Å². The maximum Gasteiger partial charge on any atom is 0.306 e. The molecule has 93 heavy (non-hydrogen) atoms. The van der Waals surface area contributed by atoms with Gasteiger partial charge in [-0.2, -0.15) is 0 Å². The predicted molar refractivity (Wildman–Crippen MR) is 356 cm³/mol. The molecule has 8 fully saturated rings. The van der Waals surface area contributed by atoms with Gasteiger partial charge < -0.3 is 52.8 Å². The van der Waals surface area contributed by atoms with E-state index in [1.54, 1.807) is 0 Å². The largest absolute Gasteiger partial charge is 0.481 e. The SMILES string of the molecule is C[C@H](CCC(=O)O[C@@H]1CC[C@@]2(C)[C@@H](C1)C[C@@H](OCOCc1ccccc1)[C@@H]1[C@@H]2C[C@H](OCOCc2ccccc2)[C@]2(C)[C@@H]([C@H](C)CCC(=O)O)CC[C@@H]12)[C@H]1CC[C@H]2[C@@H]3[C@H](OCOCc4ccccc4)C[C@@H]4C[C@H](O)CC[C@]4(C)[C@H]3C[C@H](OCOCc3ccccc3)[C@]12C. The van der Waals surface area contributed by atoms with Crippen LogP contribution in [0.15, 0.2) is 121 Å². The summed E-state index contributed by atoms with van der Waals surface area (Å²) >= 11 is 0. The number of hydrogen-bond acceptors (Lipinski definition) is 12. The van der Waals surface area contributed by atoms with Crippen LogP contribution in [0.25, 0.3) is 0 Å². The highest BCUT2D eigenvalue weighted by atomic mass is 16.7. The standard InChI is InChI=1S/C80H110O13/c1-53(27-33-73(82)83)63-29-31-66-76-68(44-72(79(63,66)5)92-52-88-48-58-25-17-10-18-26-58)78(4)38-36-62(40-60(78)42-70(76)90-50-86-46-56-21-13-8-14-22-56)93-74(84)34-28-54(2)64-30-32-65-75-67(43-71(80(64,65)6)91-51-87-47-57-23-15-9-16-24-57)77(3)37-35-61(81)39-59(77)41-69(75)89-49-85-45-55-19-11-7-12-20-55/h7-26,53-54,59-72,75-76,81H,27-52H2,1-6H3,(H,82,83)/t53-,54-,59+,60+,61-,62-,63-,64-,65+,66+,67+,68+,69-,70-,71+,72+,75+,76+,77+,78+,79-,80-/m1/s1. The fourth-order valence-corrected chi connectivity index (χ4v) is 21.9. The molecule has 508 valence electrons. The van der Waals surface area contributed by atoms with Crippen LogP contribution in [-0.2, 0) is 78.6 Å². The summed E-state index contributed by atoms with van der Waals surface area (Å²) in [7, 11) is 0. The van der Waals surface area contributed by atoms with Crippen molar-refractivity contribution in [1.82, 2.24) is 0 Å². The summed E-state index contributed by atoms with van der Waals surface area (Å²) < 4.78 is 60.4.